The van der Waals surface area contributed by atoms with Gasteiger partial charge < -0.3 is 15.4 Å². The van der Waals surface area contributed by atoms with Gasteiger partial charge in [0.15, 0.2) is 0 Å². The fourth-order valence-corrected chi connectivity index (χ4v) is 2.74. The lowest BCUT2D eigenvalue weighted by atomic mass is 9.87. The number of carbonyl (C=O) groups is 2. The van der Waals surface area contributed by atoms with Gasteiger partial charge in [0.25, 0.3) is 5.91 Å². The number of hydrogen-bond acceptors (Lipinski definition) is 3. The molecule has 2 amide bonds. The Labute approximate surface area is 167 Å². The molecule has 0 aromatic heterocycles. The first kappa shape index (κ1) is 21.5. The van der Waals surface area contributed by atoms with Gasteiger partial charge in [0.05, 0.1) is 7.11 Å². The zero-order valence-corrected chi connectivity index (χ0v) is 17.2. The van der Waals surface area contributed by atoms with Crippen LogP contribution in [-0.2, 0) is 16.6 Å². The van der Waals surface area contributed by atoms with Crippen LogP contribution in [0, 0.1) is 0 Å². The predicted octanol–water partition coefficient (Wildman–Crippen LogP) is 3.47. The van der Waals surface area contributed by atoms with E-state index >= 15 is 0 Å². The van der Waals surface area contributed by atoms with Crippen molar-refractivity contribution in [1.29, 1.82) is 0 Å². The summed E-state index contributed by atoms with van der Waals surface area (Å²) in [6, 6.07) is 15.4. The Kier molecular flexibility index (Phi) is 7.61. The van der Waals surface area contributed by atoms with Crippen molar-refractivity contribution in [3.63, 3.8) is 0 Å². The van der Waals surface area contributed by atoms with Crippen molar-refractivity contribution in [3.05, 3.63) is 65.2 Å². The highest BCUT2D eigenvalue weighted by atomic mass is 16.5. The predicted molar refractivity (Wildman–Crippen MR) is 112 cm³/mol. The van der Waals surface area contributed by atoms with Crippen LogP contribution in [0.15, 0.2) is 48.5 Å². The standard InChI is InChI=1S/C23H30N2O3/c1-23(2,3)19-9-7-18(8-10-19)22(27)25-16-14-21(26)24-15-13-17-5-11-20(28-4)12-6-17/h5-12H,13-16H2,1-4H3,(H,24,26)(H,25,27). The maximum Gasteiger partial charge on any atom is 0.251 e. The Balaban J connectivity index is 1.67. The zero-order chi connectivity index (χ0) is 20.6. The van der Waals surface area contributed by atoms with Gasteiger partial charge in [0.1, 0.15) is 5.75 Å². The molecule has 0 saturated carbocycles. The summed E-state index contributed by atoms with van der Waals surface area (Å²) in [5, 5.41) is 5.67. The molecule has 0 atom stereocenters. The van der Waals surface area contributed by atoms with Crippen LogP contribution in [0.25, 0.3) is 0 Å². The molecule has 0 heterocycles. The normalized spacial score (nSPS) is 11.0. The van der Waals surface area contributed by atoms with Crippen molar-refractivity contribution in [1.82, 2.24) is 10.6 Å². The van der Waals surface area contributed by atoms with E-state index < -0.39 is 0 Å². The molecule has 0 aliphatic heterocycles. The third-order valence-electron chi connectivity index (χ3n) is 4.55. The number of hydrogen-bond donors (Lipinski definition) is 2. The van der Waals surface area contributed by atoms with Gasteiger partial charge in [-0.15, -0.1) is 0 Å². The van der Waals surface area contributed by atoms with Gasteiger partial charge in [-0.3, -0.25) is 9.59 Å². The first-order chi connectivity index (χ1) is 13.3. The molecule has 0 saturated heterocycles. The Bertz CT molecular complexity index is 775. The molecule has 150 valence electrons. The van der Waals surface area contributed by atoms with Crippen molar-refractivity contribution < 1.29 is 14.3 Å². The molecule has 0 aliphatic carbocycles. The lowest BCUT2D eigenvalue weighted by molar-refractivity contribution is -0.120. The van der Waals surface area contributed by atoms with Gasteiger partial charge in [-0.2, -0.15) is 0 Å². The smallest absolute Gasteiger partial charge is 0.251 e. The summed E-state index contributed by atoms with van der Waals surface area (Å²) in [6.45, 7) is 7.28. The number of ether oxygens (including phenoxy) is 1. The van der Waals surface area contributed by atoms with Gasteiger partial charge in [-0.25, -0.2) is 0 Å². The summed E-state index contributed by atoms with van der Waals surface area (Å²) in [7, 11) is 1.63. The second-order valence-electron chi connectivity index (χ2n) is 7.78. The fourth-order valence-electron chi connectivity index (χ4n) is 2.74. The molecule has 0 radical (unpaired) electrons. The van der Waals surface area contributed by atoms with Crippen LogP contribution in [0.2, 0.25) is 0 Å². The quantitative estimate of drug-likeness (QED) is 0.735. The highest BCUT2D eigenvalue weighted by molar-refractivity contribution is 5.94. The summed E-state index contributed by atoms with van der Waals surface area (Å²) >= 11 is 0. The van der Waals surface area contributed by atoms with Crippen LogP contribution < -0.4 is 15.4 Å². The van der Waals surface area contributed by atoms with E-state index in [1.165, 1.54) is 5.56 Å². The number of methoxy groups -OCH3 is 1. The molecular formula is C23H30N2O3. The third-order valence-corrected chi connectivity index (χ3v) is 4.55. The SMILES string of the molecule is COc1ccc(CCNC(=O)CCNC(=O)c2ccc(C(C)(C)C)cc2)cc1. The number of nitrogens with one attached hydrogen (secondary N) is 2. The monoisotopic (exact) mass is 382 g/mol. The number of rotatable bonds is 8. The maximum atomic E-state index is 12.2. The Morgan fingerprint density at radius 1 is 0.893 bits per heavy atom. The van der Waals surface area contributed by atoms with Crippen LogP contribution in [0.5, 0.6) is 5.75 Å². The average Bonchev–Trinajstić information content (AvgIpc) is 2.68. The largest absolute Gasteiger partial charge is 0.497 e. The van der Waals surface area contributed by atoms with Crippen molar-refractivity contribution in [3.8, 4) is 5.75 Å². The van der Waals surface area contributed by atoms with Gasteiger partial charge in [0, 0.05) is 25.1 Å². The minimum atomic E-state index is -0.161. The molecule has 2 aromatic rings. The number of amides is 2. The minimum absolute atomic E-state index is 0.0545. The second kappa shape index (κ2) is 9.93. The van der Waals surface area contributed by atoms with Gasteiger partial charge >= 0.3 is 0 Å². The van der Waals surface area contributed by atoms with Crippen LogP contribution in [0.4, 0.5) is 0 Å². The molecule has 2 N–H and O–H groups in total. The van der Waals surface area contributed by atoms with E-state index in [4.69, 9.17) is 4.74 Å². The van der Waals surface area contributed by atoms with Crippen molar-refractivity contribution in [2.24, 2.45) is 0 Å². The van der Waals surface area contributed by atoms with E-state index in [1.807, 2.05) is 48.5 Å². The average molecular weight is 383 g/mol. The molecular weight excluding hydrogens is 352 g/mol. The summed E-state index contributed by atoms with van der Waals surface area (Å²) in [5.41, 5.74) is 2.97. The molecule has 0 unspecified atom stereocenters. The number of carbonyl (C=O) groups excluding carboxylic acids is 2. The number of benzene rings is 2. The van der Waals surface area contributed by atoms with Gasteiger partial charge in [0.2, 0.25) is 5.91 Å². The van der Waals surface area contributed by atoms with E-state index in [0.29, 0.717) is 18.7 Å². The first-order valence-corrected chi connectivity index (χ1v) is 9.58. The molecule has 28 heavy (non-hydrogen) atoms. The molecule has 2 rings (SSSR count). The highest BCUT2D eigenvalue weighted by Crippen LogP contribution is 2.22. The van der Waals surface area contributed by atoms with E-state index in [0.717, 1.165) is 17.7 Å². The van der Waals surface area contributed by atoms with E-state index in [9.17, 15) is 9.59 Å². The Morgan fingerprint density at radius 2 is 1.54 bits per heavy atom. The topological polar surface area (TPSA) is 67.4 Å². The summed E-state index contributed by atoms with van der Waals surface area (Å²) in [6.07, 6.45) is 1.01. The molecule has 5 heteroatoms. The zero-order valence-electron chi connectivity index (χ0n) is 17.2. The van der Waals surface area contributed by atoms with E-state index in [-0.39, 0.29) is 23.7 Å². The summed E-state index contributed by atoms with van der Waals surface area (Å²) in [4.78, 5) is 24.1. The summed E-state index contributed by atoms with van der Waals surface area (Å²) < 4.78 is 5.12. The third kappa shape index (κ3) is 6.72. The fraction of sp³-hybridized carbons (Fsp3) is 0.391. The van der Waals surface area contributed by atoms with Crippen molar-refractivity contribution in [2.75, 3.05) is 20.2 Å². The molecule has 0 bridgehead atoms. The first-order valence-electron chi connectivity index (χ1n) is 9.58. The van der Waals surface area contributed by atoms with E-state index in [2.05, 4.69) is 31.4 Å². The van der Waals surface area contributed by atoms with Gasteiger partial charge in [-0.05, 0) is 47.2 Å². The van der Waals surface area contributed by atoms with Crippen molar-refractivity contribution >= 4 is 11.8 Å². The molecule has 0 fully saturated rings. The minimum Gasteiger partial charge on any atom is -0.497 e. The lowest BCUT2D eigenvalue weighted by Gasteiger charge is -2.19. The molecule has 0 aliphatic rings. The van der Waals surface area contributed by atoms with E-state index in [1.54, 1.807) is 7.11 Å². The van der Waals surface area contributed by atoms with Crippen LogP contribution in [0.1, 0.15) is 48.7 Å². The maximum absolute atomic E-state index is 12.2. The highest BCUT2D eigenvalue weighted by Gasteiger charge is 2.14. The van der Waals surface area contributed by atoms with Crippen LogP contribution in [0.3, 0.4) is 0 Å². The molecule has 2 aromatic carbocycles. The Morgan fingerprint density at radius 3 is 2.11 bits per heavy atom. The Hall–Kier alpha value is -2.82. The van der Waals surface area contributed by atoms with Crippen LogP contribution in [-0.4, -0.2) is 32.0 Å². The molecule has 0 spiro atoms. The summed E-state index contributed by atoms with van der Waals surface area (Å²) in [5.74, 6) is 0.583. The van der Waals surface area contributed by atoms with Gasteiger partial charge in [-0.1, -0.05) is 45.0 Å². The van der Waals surface area contributed by atoms with Crippen molar-refractivity contribution in [2.45, 2.75) is 39.0 Å². The molecule has 5 nitrogen and oxygen atoms in total. The second-order valence-corrected chi connectivity index (χ2v) is 7.78. The van der Waals surface area contributed by atoms with Crippen LogP contribution >= 0.6 is 0 Å². The lowest BCUT2D eigenvalue weighted by Crippen LogP contribution is -2.31.